The number of aromatic amines is 1. The Morgan fingerprint density at radius 2 is 1.66 bits per heavy atom. The summed E-state index contributed by atoms with van der Waals surface area (Å²) in [6.45, 7) is 0. The lowest BCUT2D eigenvalue weighted by atomic mass is 10.0. The first-order valence-electron chi connectivity index (χ1n) is 8.81. The predicted molar refractivity (Wildman–Crippen MR) is 104 cm³/mol. The molecule has 2 aromatic carbocycles. The Bertz CT molecular complexity index is 1250. The van der Waals surface area contributed by atoms with Crippen molar-refractivity contribution in [2.75, 3.05) is 4.90 Å². The predicted octanol–water partition coefficient (Wildman–Crippen LogP) is 2.57. The van der Waals surface area contributed by atoms with Gasteiger partial charge in [-0.15, -0.1) is 4.90 Å². The maximum absolute atomic E-state index is 13.0. The zero-order valence-corrected chi connectivity index (χ0v) is 14.9. The zero-order chi connectivity index (χ0) is 20.0. The summed E-state index contributed by atoms with van der Waals surface area (Å²) in [5, 5.41) is 22.7. The third-order valence-corrected chi connectivity index (χ3v) is 4.83. The molecule has 2 amide bonds. The van der Waals surface area contributed by atoms with Crippen LogP contribution in [0.15, 0.2) is 73.1 Å². The highest BCUT2D eigenvalue weighted by Crippen LogP contribution is 2.31. The Morgan fingerprint density at radius 1 is 0.862 bits per heavy atom. The van der Waals surface area contributed by atoms with E-state index in [1.807, 2.05) is 30.3 Å². The number of nitrogens with zero attached hydrogens (tertiary/aromatic N) is 4. The van der Waals surface area contributed by atoms with Gasteiger partial charge in [-0.3, -0.25) is 0 Å². The first-order chi connectivity index (χ1) is 14.1. The average molecular weight is 383 g/mol. The van der Waals surface area contributed by atoms with Crippen molar-refractivity contribution in [2.24, 2.45) is 0 Å². The van der Waals surface area contributed by atoms with E-state index in [0.717, 1.165) is 16.0 Å². The molecule has 1 N–H and O–H groups in total. The number of hydrogen-bond acceptors (Lipinski definition) is 5. The fourth-order valence-electron chi connectivity index (χ4n) is 3.40. The first kappa shape index (κ1) is 16.8. The summed E-state index contributed by atoms with van der Waals surface area (Å²) in [5.41, 5.74) is 3.27. The number of imide groups is 1. The highest BCUT2D eigenvalue weighted by molar-refractivity contribution is 6.34. The van der Waals surface area contributed by atoms with Crippen molar-refractivity contribution < 1.29 is 14.3 Å². The molecule has 0 atom stereocenters. The minimum absolute atomic E-state index is 0.0412. The molecule has 4 aromatic rings. The van der Waals surface area contributed by atoms with Crippen LogP contribution >= 0.6 is 0 Å². The summed E-state index contributed by atoms with van der Waals surface area (Å²) in [6.07, 6.45) is 2.82. The monoisotopic (exact) mass is 383 g/mol. The Balaban J connectivity index is 1.59. The molecule has 0 unspecified atom stereocenters. The number of carbonyl (C=O) groups excluding carboxylic acids is 2. The second-order valence-corrected chi connectivity index (χ2v) is 6.53. The summed E-state index contributed by atoms with van der Waals surface area (Å²) in [7, 11) is 0. The van der Waals surface area contributed by atoms with Crippen LogP contribution in [0, 0.1) is 5.21 Å². The minimum atomic E-state index is -0.551. The number of hydrogen-bond donors (Lipinski definition) is 1. The number of nitrogens with one attached hydrogen (secondary N) is 1. The molecule has 140 valence electrons. The van der Waals surface area contributed by atoms with Crippen LogP contribution in [0.25, 0.3) is 22.4 Å². The van der Waals surface area contributed by atoms with E-state index in [2.05, 4.69) is 15.4 Å². The maximum atomic E-state index is 13.0. The van der Waals surface area contributed by atoms with Crippen molar-refractivity contribution >= 4 is 17.6 Å². The average Bonchev–Trinajstić information content (AvgIpc) is 3.37. The molecule has 8 heteroatoms. The number of carbonyl (C=O) groups is 2. The van der Waals surface area contributed by atoms with Crippen LogP contribution in [0.1, 0.15) is 20.7 Å². The normalized spacial score (nSPS) is 13.0. The van der Waals surface area contributed by atoms with Gasteiger partial charge >= 0.3 is 11.8 Å². The van der Waals surface area contributed by atoms with Crippen LogP contribution < -0.4 is 9.63 Å². The van der Waals surface area contributed by atoms with Crippen molar-refractivity contribution in [1.82, 2.24) is 15.4 Å². The molecular weight excluding hydrogens is 370 g/mol. The number of aromatic nitrogens is 4. The highest BCUT2D eigenvalue weighted by Gasteiger charge is 2.45. The lowest BCUT2D eigenvalue weighted by Gasteiger charge is -2.14. The summed E-state index contributed by atoms with van der Waals surface area (Å²) in [4.78, 5) is 26.9. The van der Waals surface area contributed by atoms with Crippen LogP contribution in [-0.4, -0.2) is 27.2 Å². The van der Waals surface area contributed by atoms with E-state index in [4.69, 9.17) is 0 Å². The summed E-state index contributed by atoms with van der Waals surface area (Å²) >= 11 is 0. The largest absolute Gasteiger partial charge is 0.711 e. The Labute approximate surface area is 164 Å². The Hall–Kier alpha value is -4.33. The SMILES string of the molecule is O=C1c2ccc(-c3cn[nH]n3)cc2C(=O)N1c1cc(-c2ccccc2)cc[n+]1[O-]. The molecule has 3 heterocycles. The molecule has 2 aromatic heterocycles. The molecule has 5 rings (SSSR count). The van der Waals surface area contributed by atoms with Crippen LogP contribution in [0.3, 0.4) is 0 Å². The fraction of sp³-hybridized carbons (Fsp3) is 0. The summed E-state index contributed by atoms with van der Waals surface area (Å²) < 4.78 is 0.520. The van der Waals surface area contributed by atoms with Gasteiger partial charge in [0.2, 0.25) is 0 Å². The maximum Gasteiger partial charge on any atom is 0.349 e. The number of rotatable bonds is 3. The number of H-pyrrole nitrogens is 1. The molecule has 8 nitrogen and oxygen atoms in total. The second kappa shape index (κ2) is 6.38. The van der Waals surface area contributed by atoms with Gasteiger partial charge in [-0.05, 0) is 29.3 Å². The van der Waals surface area contributed by atoms with Crippen molar-refractivity contribution in [2.45, 2.75) is 0 Å². The first-order valence-corrected chi connectivity index (χ1v) is 8.81. The summed E-state index contributed by atoms with van der Waals surface area (Å²) in [6, 6.07) is 17.5. The van der Waals surface area contributed by atoms with Crippen molar-refractivity contribution in [1.29, 1.82) is 0 Å². The van der Waals surface area contributed by atoms with Gasteiger partial charge in [0.25, 0.3) is 5.82 Å². The second-order valence-electron chi connectivity index (χ2n) is 6.53. The topological polar surface area (TPSA) is 106 Å². The molecule has 0 fully saturated rings. The third kappa shape index (κ3) is 2.66. The fourth-order valence-corrected chi connectivity index (χ4v) is 3.40. The van der Waals surface area contributed by atoms with Crippen LogP contribution in [0.2, 0.25) is 0 Å². The van der Waals surface area contributed by atoms with Gasteiger partial charge in [-0.2, -0.15) is 15.4 Å². The molecular formula is C21H13N5O3. The molecule has 1 aliphatic heterocycles. The van der Waals surface area contributed by atoms with E-state index in [0.29, 0.717) is 16.0 Å². The minimum Gasteiger partial charge on any atom is -0.711 e. The third-order valence-electron chi connectivity index (χ3n) is 4.83. The molecule has 0 bridgehead atoms. The van der Waals surface area contributed by atoms with Gasteiger partial charge < -0.3 is 5.21 Å². The lowest BCUT2D eigenvalue weighted by molar-refractivity contribution is -0.591. The number of anilines is 1. The van der Waals surface area contributed by atoms with Gasteiger partial charge in [0, 0.05) is 11.6 Å². The van der Waals surface area contributed by atoms with Gasteiger partial charge in [0.1, 0.15) is 5.69 Å². The quantitative estimate of drug-likeness (QED) is 0.332. The molecule has 0 spiro atoms. The van der Waals surface area contributed by atoms with E-state index in [-0.39, 0.29) is 16.9 Å². The molecule has 0 saturated carbocycles. The number of benzene rings is 2. The number of fused-ring (bicyclic) bond motifs is 1. The van der Waals surface area contributed by atoms with E-state index < -0.39 is 11.8 Å². The number of amides is 2. The van der Waals surface area contributed by atoms with E-state index in [1.165, 1.54) is 12.4 Å². The van der Waals surface area contributed by atoms with Crippen LogP contribution in [0.4, 0.5) is 5.82 Å². The molecule has 0 saturated heterocycles. The van der Waals surface area contributed by atoms with Crippen molar-refractivity contribution in [3.05, 3.63) is 89.4 Å². The van der Waals surface area contributed by atoms with Crippen LogP contribution in [0.5, 0.6) is 0 Å². The number of pyridine rings is 1. The van der Waals surface area contributed by atoms with Crippen molar-refractivity contribution in [3.8, 4) is 22.4 Å². The van der Waals surface area contributed by atoms with Gasteiger partial charge in [-0.25, -0.2) is 14.3 Å². The van der Waals surface area contributed by atoms with E-state index >= 15 is 0 Å². The lowest BCUT2D eigenvalue weighted by Crippen LogP contribution is -2.41. The molecule has 29 heavy (non-hydrogen) atoms. The van der Waals surface area contributed by atoms with E-state index in [1.54, 1.807) is 30.3 Å². The Kier molecular flexibility index (Phi) is 3.70. The summed E-state index contributed by atoms with van der Waals surface area (Å²) in [5.74, 6) is -1.13. The standard InChI is InChI=1S/C21H13N5O3/c27-20-16-7-6-15(18-12-22-24-23-18)10-17(16)21(28)26(20)19-11-14(8-9-25(19)29)13-4-2-1-3-5-13/h1-12H,(H,22,23,24). The van der Waals surface area contributed by atoms with Gasteiger partial charge in [-0.1, -0.05) is 36.4 Å². The van der Waals surface area contributed by atoms with E-state index in [9.17, 15) is 14.8 Å². The molecule has 0 radical (unpaired) electrons. The van der Waals surface area contributed by atoms with Crippen LogP contribution in [-0.2, 0) is 0 Å². The van der Waals surface area contributed by atoms with Gasteiger partial charge in [0.05, 0.1) is 23.5 Å². The Morgan fingerprint density at radius 3 is 2.41 bits per heavy atom. The van der Waals surface area contributed by atoms with Gasteiger partial charge in [0.15, 0.2) is 0 Å². The molecule has 1 aliphatic rings. The molecule has 0 aliphatic carbocycles. The highest BCUT2D eigenvalue weighted by atomic mass is 16.5. The zero-order valence-electron chi connectivity index (χ0n) is 14.9. The van der Waals surface area contributed by atoms with Crippen molar-refractivity contribution in [3.63, 3.8) is 0 Å². The smallest absolute Gasteiger partial charge is 0.349 e.